The van der Waals surface area contributed by atoms with Crippen molar-refractivity contribution >= 4 is 27.0 Å². The maximum atomic E-state index is 12.6. The minimum absolute atomic E-state index is 0.195. The zero-order valence-corrected chi connectivity index (χ0v) is 16.3. The molecule has 1 N–H and O–H groups in total. The molecule has 142 valence electrons. The molecule has 1 fully saturated rings. The van der Waals surface area contributed by atoms with E-state index in [1.807, 2.05) is 0 Å². The highest BCUT2D eigenvalue weighted by molar-refractivity contribution is 7.94. The van der Waals surface area contributed by atoms with E-state index in [9.17, 15) is 8.42 Å². The highest BCUT2D eigenvalue weighted by Gasteiger charge is 2.24. The minimum Gasteiger partial charge on any atom is -0.497 e. The molecule has 1 aliphatic rings. The van der Waals surface area contributed by atoms with E-state index in [4.69, 9.17) is 9.26 Å². The second kappa shape index (κ2) is 7.32. The van der Waals surface area contributed by atoms with E-state index < -0.39 is 10.0 Å². The number of aromatic nitrogens is 2. The molecule has 3 aromatic rings. The van der Waals surface area contributed by atoms with Gasteiger partial charge in [0.1, 0.15) is 9.96 Å². The molecule has 0 radical (unpaired) electrons. The van der Waals surface area contributed by atoms with Gasteiger partial charge in [0.05, 0.1) is 7.11 Å². The number of thiophene rings is 1. The van der Waals surface area contributed by atoms with Crippen molar-refractivity contribution in [2.45, 2.75) is 35.8 Å². The summed E-state index contributed by atoms with van der Waals surface area (Å²) in [6.45, 7) is 0. The lowest BCUT2D eigenvalue weighted by Gasteiger charge is -2.06. The number of nitrogens with one attached hydrogen (secondary N) is 1. The van der Waals surface area contributed by atoms with Crippen molar-refractivity contribution in [2.75, 3.05) is 11.8 Å². The summed E-state index contributed by atoms with van der Waals surface area (Å²) in [7, 11) is -2.13. The molecule has 0 saturated heterocycles. The van der Waals surface area contributed by atoms with Crippen molar-refractivity contribution in [3.8, 4) is 17.1 Å². The lowest BCUT2D eigenvalue weighted by molar-refractivity contribution is 0.354. The Morgan fingerprint density at radius 1 is 1.22 bits per heavy atom. The third kappa shape index (κ3) is 3.84. The first-order valence-electron chi connectivity index (χ1n) is 8.64. The molecule has 0 unspecified atom stereocenters. The van der Waals surface area contributed by atoms with E-state index in [2.05, 4.69) is 14.9 Å². The van der Waals surface area contributed by atoms with Gasteiger partial charge in [0.25, 0.3) is 10.0 Å². The SMILES string of the molecule is COc1ccc(NS(=O)(=O)c2cc(-c3noc(C4CCCC4)n3)cs2)cc1. The normalized spacial score (nSPS) is 15.1. The zero-order chi connectivity index (χ0) is 18.9. The second-order valence-electron chi connectivity index (χ2n) is 6.43. The molecule has 4 rings (SSSR count). The second-order valence-corrected chi connectivity index (χ2v) is 9.25. The van der Waals surface area contributed by atoms with Gasteiger partial charge in [-0.2, -0.15) is 4.98 Å². The van der Waals surface area contributed by atoms with Crippen LogP contribution in [0.15, 0.2) is 44.4 Å². The highest BCUT2D eigenvalue weighted by atomic mass is 32.2. The number of methoxy groups -OCH3 is 1. The maximum Gasteiger partial charge on any atom is 0.271 e. The molecule has 7 nitrogen and oxygen atoms in total. The summed E-state index contributed by atoms with van der Waals surface area (Å²) in [6, 6.07) is 8.26. The fourth-order valence-corrected chi connectivity index (χ4v) is 5.35. The van der Waals surface area contributed by atoms with Gasteiger partial charge in [-0.1, -0.05) is 18.0 Å². The molecule has 0 aliphatic heterocycles. The summed E-state index contributed by atoms with van der Waals surface area (Å²) in [4.78, 5) is 4.46. The lowest BCUT2D eigenvalue weighted by atomic mass is 10.1. The van der Waals surface area contributed by atoms with E-state index in [-0.39, 0.29) is 4.21 Å². The number of anilines is 1. The van der Waals surface area contributed by atoms with Crippen molar-refractivity contribution in [3.63, 3.8) is 0 Å². The van der Waals surface area contributed by atoms with Crippen molar-refractivity contribution < 1.29 is 17.7 Å². The third-order valence-electron chi connectivity index (χ3n) is 4.59. The van der Waals surface area contributed by atoms with Gasteiger partial charge in [-0.15, -0.1) is 11.3 Å². The zero-order valence-electron chi connectivity index (χ0n) is 14.7. The molecule has 0 bridgehead atoms. The van der Waals surface area contributed by atoms with E-state index in [0.29, 0.717) is 34.6 Å². The predicted octanol–water partition coefficient (Wildman–Crippen LogP) is 4.27. The lowest BCUT2D eigenvalue weighted by Crippen LogP contribution is -2.11. The maximum absolute atomic E-state index is 12.6. The number of hydrogen-bond acceptors (Lipinski definition) is 7. The average molecular weight is 406 g/mol. The van der Waals surface area contributed by atoms with Crippen molar-refractivity contribution in [1.82, 2.24) is 10.1 Å². The summed E-state index contributed by atoms with van der Waals surface area (Å²) in [6.07, 6.45) is 4.49. The van der Waals surface area contributed by atoms with Crippen LogP contribution < -0.4 is 9.46 Å². The molecular formula is C18H19N3O4S2. The van der Waals surface area contributed by atoms with Crippen molar-refractivity contribution in [2.24, 2.45) is 0 Å². The van der Waals surface area contributed by atoms with Gasteiger partial charge in [-0.3, -0.25) is 4.72 Å². The van der Waals surface area contributed by atoms with Crippen LogP contribution in [0, 0.1) is 0 Å². The van der Waals surface area contributed by atoms with Gasteiger partial charge in [0.2, 0.25) is 11.7 Å². The fourth-order valence-electron chi connectivity index (χ4n) is 3.13. The van der Waals surface area contributed by atoms with Crippen LogP contribution in [0.3, 0.4) is 0 Å². The molecule has 1 aliphatic carbocycles. The van der Waals surface area contributed by atoms with Gasteiger partial charge in [-0.25, -0.2) is 8.42 Å². The molecular weight excluding hydrogens is 386 g/mol. The summed E-state index contributed by atoms with van der Waals surface area (Å²) >= 11 is 1.12. The van der Waals surface area contributed by atoms with Gasteiger partial charge >= 0.3 is 0 Å². The standard InChI is InChI=1S/C18H19N3O4S2/c1-24-15-8-6-14(7-9-15)21-27(22,23)16-10-13(11-26-16)17-19-18(25-20-17)12-4-2-3-5-12/h6-12,21H,2-5H2,1H3. The van der Waals surface area contributed by atoms with Crippen LogP contribution in [0.25, 0.3) is 11.4 Å². The average Bonchev–Trinajstić information content (AvgIpc) is 3.42. The molecule has 27 heavy (non-hydrogen) atoms. The first kappa shape index (κ1) is 18.0. The van der Waals surface area contributed by atoms with E-state index in [1.165, 1.54) is 12.8 Å². The molecule has 0 spiro atoms. The van der Waals surface area contributed by atoms with Gasteiger partial charge in [0, 0.05) is 22.5 Å². The van der Waals surface area contributed by atoms with E-state index >= 15 is 0 Å². The number of rotatable bonds is 6. The largest absolute Gasteiger partial charge is 0.497 e. The van der Waals surface area contributed by atoms with Crippen LogP contribution in [-0.2, 0) is 10.0 Å². The number of nitrogens with zero attached hydrogens (tertiary/aromatic N) is 2. The highest BCUT2D eigenvalue weighted by Crippen LogP contribution is 2.35. The van der Waals surface area contributed by atoms with Gasteiger partial charge in [0.15, 0.2) is 0 Å². The Balaban J connectivity index is 1.52. The van der Waals surface area contributed by atoms with Crippen molar-refractivity contribution in [3.05, 3.63) is 41.6 Å². The van der Waals surface area contributed by atoms with Crippen LogP contribution in [-0.4, -0.2) is 25.7 Å². The molecule has 9 heteroatoms. The van der Waals surface area contributed by atoms with Gasteiger partial charge < -0.3 is 9.26 Å². The van der Waals surface area contributed by atoms with Crippen molar-refractivity contribution in [1.29, 1.82) is 0 Å². The first-order valence-corrected chi connectivity index (χ1v) is 11.0. The predicted molar refractivity (Wildman–Crippen MR) is 103 cm³/mol. The Hall–Kier alpha value is -2.39. The van der Waals surface area contributed by atoms with Crippen LogP contribution >= 0.6 is 11.3 Å². The Labute approximate surface area is 161 Å². The molecule has 1 aromatic carbocycles. The molecule has 2 aromatic heterocycles. The Kier molecular flexibility index (Phi) is 4.88. The quantitative estimate of drug-likeness (QED) is 0.658. The molecule has 2 heterocycles. The number of ether oxygens (including phenoxy) is 1. The number of benzene rings is 1. The topological polar surface area (TPSA) is 94.3 Å². The van der Waals surface area contributed by atoms with Crippen LogP contribution in [0.4, 0.5) is 5.69 Å². The van der Waals surface area contributed by atoms with Crippen LogP contribution in [0.2, 0.25) is 0 Å². The van der Waals surface area contributed by atoms with E-state index in [0.717, 1.165) is 24.2 Å². The van der Waals surface area contributed by atoms with Crippen LogP contribution in [0.1, 0.15) is 37.5 Å². The molecule has 0 amide bonds. The smallest absolute Gasteiger partial charge is 0.271 e. The van der Waals surface area contributed by atoms with Gasteiger partial charge in [-0.05, 0) is 43.2 Å². The summed E-state index contributed by atoms with van der Waals surface area (Å²) in [5, 5.41) is 5.75. The summed E-state index contributed by atoms with van der Waals surface area (Å²) in [5.74, 6) is 2.06. The monoisotopic (exact) mass is 405 g/mol. The Bertz CT molecular complexity index is 1020. The number of hydrogen-bond donors (Lipinski definition) is 1. The minimum atomic E-state index is -3.69. The van der Waals surface area contributed by atoms with E-state index in [1.54, 1.807) is 42.8 Å². The Morgan fingerprint density at radius 2 is 1.96 bits per heavy atom. The fraction of sp³-hybridized carbons (Fsp3) is 0.333. The third-order valence-corrected chi connectivity index (χ3v) is 7.41. The summed E-state index contributed by atoms with van der Waals surface area (Å²) < 4.78 is 38.5. The Morgan fingerprint density at radius 3 is 2.67 bits per heavy atom. The first-order chi connectivity index (χ1) is 13.0. The summed E-state index contributed by atoms with van der Waals surface area (Å²) in [5.41, 5.74) is 1.11. The van der Waals surface area contributed by atoms with Crippen LogP contribution in [0.5, 0.6) is 5.75 Å². The molecule has 0 atom stereocenters. The molecule has 1 saturated carbocycles. The number of sulfonamides is 1.